The van der Waals surface area contributed by atoms with Gasteiger partial charge in [0.25, 0.3) is 11.8 Å². The highest BCUT2D eigenvalue weighted by Gasteiger charge is 2.23. The zero-order chi connectivity index (χ0) is 23.6. The van der Waals surface area contributed by atoms with Gasteiger partial charge in [0.05, 0.1) is 19.1 Å². The Kier molecular flexibility index (Phi) is 15.2. The molecular formula is C19H31N5O7. The molecule has 1 heterocycles. The van der Waals surface area contributed by atoms with E-state index in [-0.39, 0.29) is 43.8 Å². The van der Waals surface area contributed by atoms with Gasteiger partial charge in [-0.2, -0.15) is 5.90 Å². The van der Waals surface area contributed by atoms with E-state index in [0.717, 1.165) is 17.6 Å². The highest BCUT2D eigenvalue weighted by atomic mass is 16.7. The lowest BCUT2D eigenvalue weighted by Crippen LogP contribution is -2.35. The first-order chi connectivity index (χ1) is 14.7. The molecule has 1 rings (SSSR count). The largest absolute Gasteiger partial charge is 0.372 e. The first kappa shape index (κ1) is 28.0. The molecule has 0 aromatic rings. The summed E-state index contributed by atoms with van der Waals surface area (Å²) in [4.78, 5) is 70.8. The summed E-state index contributed by atoms with van der Waals surface area (Å²) in [5, 5.41) is 8.12. The van der Waals surface area contributed by atoms with Crippen LogP contribution in [-0.2, 0) is 33.6 Å². The van der Waals surface area contributed by atoms with Crippen molar-refractivity contribution in [2.24, 2.45) is 5.90 Å². The molecule has 0 aliphatic carbocycles. The number of hydrogen-bond donors (Lipinski definition) is 4. The number of ketones is 1. The minimum atomic E-state index is -0.456. The topological polar surface area (TPSA) is 177 Å². The number of carbonyl (C=O) groups excluding carboxylic acids is 6. The summed E-state index contributed by atoms with van der Waals surface area (Å²) in [5.74, 6) is 2.96. The number of Topliss-reactive ketones (excluding diaryl/α,β-unsaturated/α-hetero) is 1. The number of amides is 3. The minimum Gasteiger partial charge on any atom is -0.372 e. The third-order valence-corrected chi connectivity index (χ3v) is 3.96. The maximum atomic E-state index is 11.7. The fraction of sp³-hybridized carbons (Fsp3) is 0.579. The monoisotopic (exact) mass is 441 g/mol. The standard InChI is InChI=1S/C16H23N3O5.C3H8N2O2/c1-12(21)10-18-13(11-20)4-2-3-8-17-14(22)7-9-19-15(23)5-6-16(19)24;1-5-2-3(6)7-4/h5-6,11,13,18H,2-4,7-10H2,1H3,(H,17,22);5H,2,4H2,1H3. The Balaban J connectivity index is 0.00000110. The van der Waals surface area contributed by atoms with Crippen LogP contribution in [0.25, 0.3) is 0 Å². The summed E-state index contributed by atoms with van der Waals surface area (Å²) in [6.07, 6.45) is 5.22. The van der Waals surface area contributed by atoms with Gasteiger partial charge in [-0.3, -0.25) is 24.1 Å². The van der Waals surface area contributed by atoms with E-state index in [1.807, 2.05) is 0 Å². The zero-order valence-corrected chi connectivity index (χ0v) is 17.8. The Bertz CT molecular complexity index is 648. The Labute approximate surface area is 180 Å². The molecule has 1 aliphatic rings. The number of nitrogens with two attached hydrogens (primary N) is 1. The third-order valence-electron chi connectivity index (χ3n) is 3.96. The molecule has 3 amide bonds. The second kappa shape index (κ2) is 16.8. The molecule has 0 radical (unpaired) electrons. The van der Waals surface area contributed by atoms with E-state index in [1.54, 1.807) is 7.05 Å². The Hall–Kier alpha value is -2.96. The predicted molar refractivity (Wildman–Crippen MR) is 110 cm³/mol. The van der Waals surface area contributed by atoms with Gasteiger partial charge in [-0.15, -0.1) is 0 Å². The summed E-state index contributed by atoms with van der Waals surface area (Å²) in [6, 6.07) is -0.357. The molecule has 174 valence electrons. The van der Waals surface area contributed by atoms with Crippen LogP contribution < -0.4 is 21.8 Å². The summed E-state index contributed by atoms with van der Waals surface area (Å²) in [7, 11) is 1.64. The molecule has 0 fully saturated rings. The van der Waals surface area contributed by atoms with Gasteiger partial charge >= 0.3 is 5.97 Å². The summed E-state index contributed by atoms with van der Waals surface area (Å²) < 4.78 is 0. The second-order valence-corrected chi connectivity index (χ2v) is 6.60. The lowest BCUT2D eigenvalue weighted by atomic mass is 10.1. The fourth-order valence-corrected chi connectivity index (χ4v) is 2.35. The summed E-state index contributed by atoms with van der Waals surface area (Å²) in [6.45, 7) is 2.30. The van der Waals surface area contributed by atoms with Crippen LogP contribution in [0.3, 0.4) is 0 Å². The van der Waals surface area contributed by atoms with Crippen molar-refractivity contribution in [3.05, 3.63) is 12.2 Å². The lowest BCUT2D eigenvalue weighted by Gasteiger charge is -2.13. The van der Waals surface area contributed by atoms with E-state index in [4.69, 9.17) is 0 Å². The molecule has 1 aliphatic heterocycles. The van der Waals surface area contributed by atoms with Crippen molar-refractivity contribution in [1.82, 2.24) is 20.9 Å². The van der Waals surface area contributed by atoms with Crippen LogP contribution in [0.4, 0.5) is 0 Å². The van der Waals surface area contributed by atoms with Gasteiger partial charge in [-0.25, -0.2) is 4.79 Å². The molecule has 0 spiro atoms. The Morgan fingerprint density at radius 3 is 2.29 bits per heavy atom. The van der Waals surface area contributed by atoms with Crippen molar-refractivity contribution in [2.45, 2.75) is 38.6 Å². The molecule has 1 atom stereocenters. The molecule has 0 aromatic heterocycles. The molecule has 31 heavy (non-hydrogen) atoms. The van der Waals surface area contributed by atoms with Gasteiger partial charge in [-0.1, -0.05) is 0 Å². The SMILES string of the molecule is CC(=O)CNC(C=O)CCCCNC(=O)CCN1C(=O)C=CC1=O.CNCC(=O)ON. The molecule has 1 unspecified atom stereocenters. The highest BCUT2D eigenvalue weighted by molar-refractivity contribution is 6.13. The highest BCUT2D eigenvalue weighted by Crippen LogP contribution is 2.04. The van der Waals surface area contributed by atoms with E-state index < -0.39 is 17.8 Å². The van der Waals surface area contributed by atoms with Crippen molar-refractivity contribution in [1.29, 1.82) is 0 Å². The van der Waals surface area contributed by atoms with E-state index >= 15 is 0 Å². The van der Waals surface area contributed by atoms with Crippen LogP contribution in [0.15, 0.2) is 12.2 Å². The van der Waals surface area contributed by atoms with Crippen molar-refractivity contribution in [2.75, 3.05) is 33.2 Å². The van der Waals surface area contributed by atoms with Crippen molar-refractivity contribution in [3.63, 3.8) is 0 Å². The average Bonchev–Trinajstić information content (AvgIpc) is 3.06. The van der Waals surface area contributed by atoms with E-state index in [2.05, 4.69) is 26.7 Å². The maximum absolute atomic E-state index is 11.7. The minimum absolute atomic E-state index is 0.0284. The molecule has 0 saturated heterocycles. The first-order valence-electron chi connectivity index (χ1n) is 9.77. The van der Waals surface area contributed by atoms with E-state index in [9.17, 15) is 28.8 Å². The quantitative estimate of drug-likeness (QED) is 0.102. The predicted octanol–water partition coefficient (Wildman–Crippen LogP) is -2.04. The van der Waals surface area contributed by atoms with Gasteiger partial charge in [0.1, 0.15) is 12.1 Å². The molecule has 0 bridgehead atoms. The summed E-state index contributed by atoms with van der Waals surface area (Å²) >= 11 is 0. The number of carbonyl (C=O) groups is 6. The van der Waals surface area contributed by atoms with Crippen LogP contribution in [0.2, 0.25) is 0 Å². The molecule has 0 saturated carbocycles. The van der Waals surface area contributed by atoms with Crippen molar-refractivity contribution in [3.8, 4) is 0 Å². The number of rotatable bonds is 14. The second-order valence-electron chi connectivity index (χ2n) is 6.60. The number of imide groups is 1. The smallest absolute Gasteiger partial charge is 0.338 e. The third kappa shape index (κ3) is 13.8. The number of aldehydes is 1. The molecule has 12 nitrogen and oxygen atoms in total. The van der Waals surface area contributed by atoms with Crippen LogP contribution in [0.1, 0.15) is 32.6 Å². The van der Waals surface area contributed by atoms with Gasteiger partial charge in [0.15, 0.2) is 0 Å². The van der Waals surface area contributed by atoms with E-state index in [0.29, 0.717) is 19.4 Å². The number of hydrogen-bond acceptors (Lipinski definition) is 10. The first-order valence-corrected chi connectivity index (χ1v) is 9.77. The fourth-order valence-electron chi connectivity index (χ4n) is 2.35. The molecule has 0 aromatic carbocycles. The van der Waals surface area contributed by atoms with Crippen molar-refractivity contribution < 1.29 is 33.6 Å². The average molecular weight is 441 g/mol. The lowest BCUT2D eigenvalue weighted by molar-refractivity contribution is -0.143. The van der Waals surface area contributed by atoms with Gasteiger partial charge in [0.2, 0.25) is 5.91 Å². The Morgan fingerprint density at radius 2 is 1.81 bits per heavy atom. The van der Waals surface area contributed by atoms with E-state index in [1.165, 1.54) is 19.1 Å². The van der Waals surface area contributed by atoms with Crippen LogP contribution in [-0.4, -0.2) is 79.9 Å². The van der Waals surface area contributed by atoms with Crippen LogP contribution in [0, 0.1) is 0 Å². The summed E-state index contributed by atoms with van der Waals surface area (Å²) in [5.41, 5.74) is 0. The Morgan fingerprint density at radius 1 is 1.16 bits per heavy atom. The number of nitrogens with zero attached hydrogens (tertiary/aromatic N) is 1. The molecule has 5 N–H and O–H groups in total. The number of likely N-dealkylation sites (N-methyl/N-ethyl adjacent to an activating group) is 1. The van der Waals surface area contributed by atoms with Crippen molar-refractivity contribution >= 4 is 35.8 Å². The number of nitrogens with one attached hydrogen (secondary N) is 3. The van der Waals surface area contributed by atoms with Gasteiger partial charge < -0.3 is 25.6 Å². The normalized spacial score (nSPS) is 13.3. The van der Waals surface area contributed by atoms with Crippen LogP contribution >= 0.6 is 0 Å². The van der Waals surface area contributed by atoms with Gasteiger partial charge in [-0.05, 0) is 33.2 Å². The number of unbranched alkanes of at least 4 members (excludes halogenated alkanes) is 1. The zero-order valence-electron chi connectivity index (χ0n) is 17.8. The van der Waals surface area contributed by atoms with Crippen LogP contribution in [0.5, 0.6) is 0 Å². The maximum Gasteiger partial charge on any atom is 0.338 e. The molecular weight excluding hydrogens is 410 g/mol. The molecule has 12 heteroatoms. The van der Waals surface area contributed by atoms with Gasteiger partial charge in [0, 0.05) is 31.7 Å².